The van der Waals surface area contributed by atoms with Crippen LogP contribution in [0.4, 0.5) is 5.69 Å². The summed E-state index contributed by atoms with van der Waals surface area (Å²) in [7, 11) is 0. The lowest BCUT2D eigenvalue weighted by Gasteiger charge is -2.25. The van der Waals surface area contributed by atoms with Gasteiger partial charge in [0.25, 0.3) is 0 Å². The molecule has 1 unspecified atom stereocenters. The largest absolute Gasteiger partial charge is 0.468 e. The van der Waals surface area contributed by atoms with E-state index in [-0.39, 0.29) is 6.10 Å². The van der Waals surface area contributed by atoms with Crippen molar-refractivity contribution in [1.82, 2.24) is 4.98 Å². The molecule has 0 N–H and O–H groups in total. The summed E-state index contributed by atoms with van der Waals surface area (Å²) in [6.45, 7) is 4.16. The van der Waals surface area contributed by atoms with Crippen molar-refractivity contribution in [1.29, 1.82) is 0 Å². The summed E-state index contributed by atoms with van der Waals surface area (Å²) in [5.41, 5.74) is 6.45. The molecule has 0 spiro atoms. The van der Waals surface area contributed by atoms with E-state index in [1.165, 1.54) is 16.7 Å². The van der Waals surface area contributed by atoms with Gasteiger partial charge in [-0.05, 0) is 43.2 Å². The van der Waals surface area contributed by atoms with Gasteiger partial charge in [0.2, 0.25) is 5.90 Å². The van der Waals surface area contributed by atoms with Crippen molar-refractivity contribution in [2.45, 2.75) is 20.0 Å². The number of pyridine rings is 1. The summed E-state index contributed by atoms with van der Waals surface area (Å²) < 4.78 is 6.07. The molecule has 0 saturated heterocycles. The molecule has 24 heavy (non-hydrogen) atoms. The fourth-order valence-corrected chi connectivity index (χ4v) is 3.03. The molecule has 0 radical (unpaired) electrons. The Morgan fingerprint density at radius 2 is 1.75 bits per heavy atom. The van der Waals surface area contributed by atoms with Crippen LogP contribution < -0.4 is 0 Å². The first kappa shape index (κ1) is 14.6. The summed E-state index contributed by atoms with van der Waals surface area (Å²) in [6.07, 6.45) is 1.68. The Kier molecular flexibility index (Phi) is 3.62. The van der Waals surface area contributed by atoms with Crippen LogP contribution in [-0.4, -0.2) is 10.9 Å². The van der Waals surface area contributed by atoms with Gasteiger partial charge in [0.05, 0.1) is 5.69 Å². The molecule has 2 heterocycles. The molecule has 118 valence electrons. The molecule has 3 nitrogen and oxygen atoms in total. The highest BCUT2D eigenvalue weighted by molar-refractivity contribution is 5.96. The SMILES string of the molecule is Cc1ccc(-c2cccc3c2C(C)OC(c2ccccn2)=N3)cc1. The summed E-state index contributed by atoms with van der Waals surface area (Å²) in [5.74, 6) is 0.580. The summed E-state index contributed by atoms with van der Waals surface area (Å²) in [4.78, 5) is 9.05. The summed E-state index contributed by atoms with van der Waals surface area (Å²) in [5, 5.41) is 0. The lowest BCUT2D eigenvalue weighted by atomic mass is 9.94. The van der Waals surface area contributed by atoms with Crippen molar-refractivity contribution in [2.24, 2.45) is 4.99 Å². The van der Waals surface area contributed by atoms with Crippen molar-refractivity contribution >= 4 is 11.6 Å². The molecular formula is C21H18N2O. The van der Waals surface area contributed by atoms with Crippen LogP contribution in [0.5, 0.6) is 0 Å². The first-order valence-electron chi connectivity index (χ1n) is 8.09. The zero-order chi connectivity index (χ0) is 16.5. The van der Waals surface area contributed by atoms with E-state index in [2.05, 4.69) is 49.2 Å². The number of ether oxygens (including phenoxy) is 1. The van der Waals surface area contributed by atoms with E-state index >= 15 is 0 Å². The average Bonchev–Trinajstić information content (AvgIpc) is 2.62. The van der Waals surface area contributed by atoms with Gasteiger partial charge in [-0.3, -0.25) is 4.98 Å². The van der Waals surface area contributed by atoms with Crippen molar-refractivity contribution < 1.29 is 4.74 Å². The Labute approximate surface area is 141 Å². The predicted molar refractivity (Wildman–Crippen MR) is 96.5 cm³/mol. The second kappa shape index (κ2) is 5.93. The minimum Gasteiger partial charge on any atom is -0.468 e. The van der Waals surface area contributed by atoms with E-state index in [1.807, 2.05) is 30.3 Å². The number of fused-ring (bicyclic) bond motifs is 1. The topological polar surface area (TPSA) is 34.5 Å². The second-order valence-corrected chi connectivity index (χ2v) is 6.00. The van der Waals surface area contributed by atoms with Crippen molar-refractivity contribution in [3.05, 3.63) is 83.7 Å². The van der Waals surface area contributed by atoms with Gasteiger partial charge in [-0.25, -0.2) is 4.99 Å². The Hall–Kier alpha value is -2.94. The third-order valence-electron chi connectivity index (χ3n) is 4.25. The molecule has 3 heteroatoms. The molecule has 0 bridgehead atoms. The maximum absolute atomic E-state index is 6.07. The Bertz CT molecular complexity index is 899. The summed E-state index contributed by atoms with van der Waals surface area (Å²) in [6, 6.07) is 20.5. The van der Waals surface area contributed by atoms with Crippen LogP contribution in [-0.2, 0) is 4.74 Å². The van der Waals surface area contributed by atoms with Gasteiger partial charge < -0.3 is 4.74 Å². The molecule has 1 aliphatic rings. The Balaban J connectivity index is 1.83. The Morgan fingerprint density at radius 3 is 2.50 bits per heavy atom. The van der Waals surface area contributed by atoms with Crippen LogP contribution in [0.1, 0.15) is 29.8 Å². The maximum Gasteiger partial charge on any atom is 0.241 e. The molecule has 1 aromatic heterocycles. The fraction of sp³-hybridized carbons (Fsp3) is 0.143. The number of aromatic nitrogens is 1. The number of hydrogen-bond donors (Lipinski definition) is 0. The number of rotatable bonds is 2. The number of aliphatic imine (C=N–C) groups is 1. The van der Waals surface area contributed by atoms with Crippen LogP contribution in [0.25, 0.3) is 11.1 Å². The maximum atomic E-state index is 6.07. The molecule has 4 rings (SSSR count). The molecular weight excluding hydrogens is 296 g/mol. The summed E-state index contributed by atoms with van der Waals surface area (Å²) >= 11 is 0. The van der Waals surface area contributed by atoms with Gasteiger partial charge in [0, 0.05) is 11.8 Å². The van der Waals surface area contributed by atoms with Crippen molar-refractivity contribution in [3.8, 4) is 11.1 Å². The first-order valence-corrected chi connectivity index (χ1v) is 8.09. The average molecular weight is 314 g/mol. The minimum absolute atomic E-state index is 0.0768. The van der Waals surface area contributed by atoms with Crippen LogP contribution in [0.15, 0.2) is 71.9 Å². The highest BCUT2D eigenvalue weighted by atomic mass is 16.5. The standard InChI is InChI=1S/C21H18N2O/c1-14-9-11-16(12-10-14)17-6-5-8-18-20(17)15(2)24-21(23-18)19-7-3-4-13-22-19/h3-13,15H,1-2H3. The second-order valence-electron chi connectivity index (χ2n) is 6.00. The van der Waals surface area contributed by atoms with Gasteiger partial charge in [0.1, 0.15) is 11.8 Å². The monoisotopic (exact) mass is 314 g/mol. The highest BCUT2D eigenvalue weighted by Gasteiger charge is 2.24. The molecule has 1 atom stereocenters. The van der Waals surface area contributed by atoms with E-state index in [0.29, 0.717) is 5.90 Å². The quantitative estimate of drug-likeness (QED) is 0.649. The molecule has 0 saturated carbocycles. The van der Waals surface area contributed by atoms with Gasteiger partial charge >= 0.3 is 0 Å². The van der Waals surface area contributed by atoms with Gasteiger partial charge in [-0.1, -0.05) is 48.0 Å². The number of hydrogen-bond acceptors (Lipinski definition) is 3. The molecule has 1 aliphatic heterocycles. The normalized spacial score (nSPS) is 16.1. The minimum atomic E-state index is -0.0768. The number of nitrogens with zero attached hydrogens (tertiary/aromatic N) is 2. The zero-order valence-electron chi connectivity index (χ0n) is 13.7. The van der Waals surface area contributed by atoms with Crippen LogP contribution in [0, 0.1) is 6.92 Å². The third kappa shape index (κ3) is 2.58. The van der Waals surface area contributed by atoms with Gasteiger partial charge in [0.15, 0.2) is 0 Å². The lowest BCUT2D eigenvalue weighted by Crippen LogP contribution is -2.16. The van der Waals surface area contributed by atoms with E-state index in [1.54, 1.807) is 6.20 Å². The van der Waals surface area contributed by atoms with Crippen molar-refractivity contribution in [3.63, 3.8) is 0 Å². The lowest BCUT2D eigenvalue weighted by molar-refractivity contribution is 0.209. The van der Waals surface area contributed by atoms with Gasteiger partial charge in [-0.15, -0.1) is 0 Å². The van der Waals surface area contributed by atoms with E-state index in [9.17, 15) is 0 Å². The number of aryl methyl sites for hydroxylation is 1. The number of benzene rings is 2. The molecule has 3 aromatic rings. The molecule has 0 fully saturated rings. The first-order chi connectivity index (χ1) is 11.7. The van der Waals surface area contributed by atoms with Crippen LogP contribution >= 0.6 is 0 Å². The highest BCUT2D eigenvalue weighted by Crippen LogP contribution is 2.40. The Morgan fingerprint density at radius 1 is 0.917 bits per heavy atom. The van der Waals surface area contributed by atoms with Gasteiger partial charge in [-0.2, -0.15) is 0 Å². The third-order valence-corrected chi connectivity index (χ3v) is 4.25. The van der Waals surface area contributed by atoms with E-state index in [0.717, 1.165) is 16.9 Å². The fourth-order valence-electron chi connectivity index (χ4n) is 3.03. The molecule has 0 aliphatic carbocycles. The molecule has 2 aromatic carbocycles. The van der Waals surface area contributed by atoms with E-state index < -0.39 is 0 Å². The predicted octanol–water partition coefficient (Wildman–Crippen LogP) is 5.23. The van der Waals surface area contributed by atoms with E-state index in [4.69, 9.17) is 9.73 Å². The van der Waals surface area contributed by atoms with Crippen LogP contribution in [0.3, 0.4) is 0 Å². The molecule has 0 amide bonds. The van der Waals surface area contributed by atoms with Crippen molar-refractivity contribution in [2.75, 3.05) is 0 Å². The van der Waals surface area contributed by atoms with Crippen LogP contribution in [0.2, 0.25) is 0 Å². The smallest absolute Gasteiger partial charge is 0.241 e. The zero-order valence-corrected chi connectivity index (χ0v) is 13.7.